The molecule has 0 radical (unpaired) electrons. The van der Waals surface area contributed by atoms with Crippen LogP contribution in [-0.4, -0.2) is 18.0 Å². The van der Waals surface area contributed by atoms with Gasteiger partial charge < -0.3 is 5.32 Å². The fourth-order valence-corrected chi connectivity index (χ4v) is 2.72. The van der Waals surface area contributed by atoms with E-state index in [0.29, 0.717) is 5.38 Å². The average Bonchev–Trinajstić information content (AvgIpc) is 2.30. The molecule has 0 aromatic carbocycles. The highest BCUT2D eigenvalue weighted by Crippen LogP contribution is 2.22. The Labute approximate surface area is 106 Å². The summed E-state index contributed by atoms with van der Waals surface area (Å²) in [7, 11) is 0. The van der Waals surface area contributed by atoms with E-state index in [4.69, 9.17) is 11.6 Å². The third-order valence-electron chi connectivity index (χ3n) is 3.62. The maximum absolute atomic E-state index is 6.09. The van der Waals surface area contributed by atoms with Gasteiger partial charge >= 0.3 is 0 Å². The molecule has 1 N–H and O–H groups in total. The van der Waals surface area contributed by atoms with E-state index >= 15 is 0 Å². The molecule has 0 aromatic heterocycles. The van der Waals surface area contributed by atoms with Gasteiger partial charge in [-0.1, -0.05) is 39.0 Å². The van der Waals surface area contributed by atoms with Crippen LogP contribution in [0.5, 0.6) is 0 Å². The lowest BCUT2D eigenvalue weighted by atomic mass is 9.95. The van der Waals surface area contributed by atoms with Gasteiger partial charge in [0, 0.05) is 11.4 Å². The summed E-state index contributed by atoms with van der Waals surface area (Å²) in [6, 6.07) is 0.755. The van der Waals surface area contributed by atoms with Gasteiger partial charge in [-0.2, -0.15) is 0 Å². The number of unbranched alkanes of at least 4 members (excludes halogenated alkanes) is 5. The predicted octanol–water partition coefficient (Wildman–Crippen LogP) is 4.49. The molecular weight excluding hydrogens is 218 g/mol. The van der Waals surface area contributed by atoms with Gasteiger partial charge in [-0.3, -0.25) is 0 Å². The van der Waals surface area contributed by atoms with Crippen molar-refractivity contribution in [1.29, 1.82) is 0 Å². The third kappa shape index (κ3) is 6.75. The zero-order valence-electron chi connectivity index (χ0n) is 10.8. The van der Waals surface area contributed by atoms with Crippen molar-refractivity contribution in [2.45, 2.75) is 82.6 Å². The summed E-state index contributed by atoms with van der Waals surface area (Å²) in [5, 5.41) is 4.13. The minimum absolute atomic E-state index is 0.451. The first-order valence-corrected chi connectivity index (χ1v) is 7.64. The molecule has 2 heteroatoms. The monoisotopic (exact) mass is 245 g/mol. The Hall–Kier alpha value is 0.250. The minimum Gasteiger partial charge on any atom is -0.314 e. The largest absolute Gasteiger partial charge is 0.314 e. The smallest absolute Gasteiger partial charge is 0.0337 e. The van der Waals surface area contributed by atoms with Gasteiger partial charge in [-0.25, -0.2) is 0 Å². The molecule has 0 unspecified atom stereocenters. The van der Waals surface area contributed by atoms with Crippen LogP contribution in [0.2, 0.25) is 0 Å². The second-order valence-electron chi connectivity index (χ2n) is 5.17. The number of alkyl halides is 1. The zero-order valence-corrected chi connectivity index (χ0v) is 11.6. The maximum Gasteiger partial charge on any atom is 0.0337 e. The van der Waals surface area contributed by atoms with Crippen LogP contribution in [0.4, 0.5) is 0 Å². The van der Waals surface area contributed by atoms with Crippen LogP contribution in [0.15, 0.2) is 0 Å². The van der Waals surface area contributed by atoms with Crippen molar-refractivity contribution < 1.29 is 0 Å². The molecule has 0 amide bonds. The van der Waals surface area contributed by atoms with Gasteiger partial charge in [0.15, 0.2) is 0 Å². The van der Waals surface area contributed by atoms with Crippen molar-refractivity contribution in [3.8, 4) is 0 Å². The van der Waals surface area contributed by atoms with Gasteiger partial charge in [-0.15, -0.1) is 11.6 Å². The van der Waals surface area contributed by atoms with Crippen LogP contribution in [0.3, 0.4) is 0 Å². The summed E-state index contributed by atoms with van der Waals surface area (Å²) >= 11 is 6.09. The van der Waals surface area contributed by atoms with Crippen LogP contribution in [0.1, 0.15) is 71.1 Å². The fourth-order valence-electron chi connectivity index (χ4n) is 2.47. The molecular formula is C14H28ClN. The average molecular weight is 246 g/mol. The SMILES string of the molecule is CCCCCCCCNC1CCC(Cl)CC1. The van der Waals surface area contributed by atoms with Crippen molar-refractivity contribution in [2.75, 3.05) is 6.54 Å². The molecule has 0 saturated heterocycles. The lowest BCUT2D eigenvalue weighted by Crippen LogP contribution is -2.34. The van der Waals surface area contributed by atoms with E-state index in [-0.39, 0.29) is 0 Å². The van der Waals surface area contributed by atoms with Gasteiger partial charge in [0.05, 0.1) is 0 Å². The summed E-state index contributed by atoms with van der Waals surface area (Å²) in [6.07, 6.45) is 13.3. The lowest BCUT2D eigenvalue weighted by molar-refractivity contribution is 0.373. The number of hydrogen-bond acceptors (Lipinski definition) is 1. The van der Waals surface area contributed by atoms with E-state index < -0.39 is 0 Å². The Balaban J connectivity index is 1.84. The zero-order chi connectivity index (χ0) is 11.6. The van der Waals surface area contributed by atoms with Crippen LogP contribution < -0.4 is 5.32 Å². The number of hydrogen-bond donors (Lipinski definition) is 1. The summed E-state index contributed by atoms with van der Waals surface area (Å²) in [5.74, 6) is 0. The van der Waals surface area contributed by atoms with Gasteiger partial charge in [-0.05, 0) is 38.6 Å². The van der Waals surface area contributed by atoms with E-state index in [9.17, 15) is 0 Å². The summed E-state index contributed by atoms with van der Waals surface area (Å²) in [5.41, 5.74) is 0. The molecule has 0 heterocycles. The Kier molecular flexibility index (Phi) is 8.32. The van der Waals surface area contributed by atoms with E-state index in [1.165, 1.54) is 70.8 Å². The number of halogens is 1. The van der Waals surface area contributed by atoms with Crippen LogP contribution in [-0.2, 0) is 0 Å². The molecule has 1 aliphatic carbocycles. The van der Waals surface area contributed by atoms with Gasteiger partial charge in [0.25, 0.3) is 0 Å². The van der Waals surface area contributed by atoms with Crippen LogP contribution in [0.25, 0.3) is 0 Å². The Morgan fingerprint density at radius 2 is 1.56 bits per heavy atom. The van der Waals surface area contributed by atoms with E-state index in [1.54, 1.807) is 0 Å². The van der Waals surface area contributed by atoms with Crippen LogP contribution >= 0.6 is 11.6 Å². The van der Waals surface area contributed by atoms with Crippen molar-refractivity contribution in [1.82, 2.24) is 5.32 Å². The topological polar surface area (TPSA) is 12.0 Å². The summed E-state index contributed by atoms with van der Waals surface area (Å²) in [6.45, 7) is 3.48. The lowest BCUT2D eigenvalue weighted by Gasteiger charge is -2.25. The van der Waals surface area contributed by atoms with Gasteiger partial charge in [0.2, 0.25) is 0 Å². The van der Waals surface area contributed by atoms with Crippen molar-refractivity contribution in [2.24, 2.45) is 0 Å². The summed E-state index contributed by atoms with van der Waals surface area (Å²) < 4.78 is 0. The second kappa shape index (κ2) is 9.30. The quantitative estimate of drug-likeness (QED) is 0.491. The molecule has 1 saturated carbocycles. The molecule has 16 heavy (non-hydrogen) atoms. The molecule has 0 atom stereocenters. The predicted molar refractivity (Wildman–Crippen MR) is 73.3 cm³/mol. The standard InChI is InChI=1S/C14H28ClN/c1-2-3-4-5-6-7-12-16-14-10-8-13(15)9-11-14/h13-14,16H,2-12H2,1H3. The molecule has 1 aliphatic rings. The molecule has 96 valence electrons. The molecule has 0 bridgehead atoms. The first-order valence-electron chi connectivity index (χ1n) is 7.20. The van der Waals surface area contributed by atoms with Gasteiger partial charge in [0.1, 0.15) is 0 Å². The molecule has 1 rings (SSSR count). The van der Waals surface area contributed by atoms with E-state index in [1.807, 2.05) is 0 Å². The second-order valence-corrected chi connectivity index (χ2v) is 5.79. The Bertz CT molecular complexity index is 153. The highest BCUT2D eigenvalue weighted by molar-refractivity contribution is 6.20. The fraction of sp³-hybridized carbons (Fsp3) is 1.00. The number of rotatable bonds is 8. The highest BCUT2D eigenvalue weighted by Gasteiger charge is 2.18. The molecule has 1 fully saturated rings. The van der Waals surface area contributed by atoms with Crippen molar-refractivity contribution in [3.05, 3.63) is 0 Å². The van der Waals surface area contributed by atoms with Crippen molar-refractivity contribution in [3.63, 3.8) is 0 Å². The normalized spacial score (nSPS) is 25.9. The third-order valence-corrected chi connectivity index (χ3v) is 4.06. The number of nitrogens with one attached hydrogen (secondary N) is 1. The van der Waals surface area contributed by atoms with E-state index in [2.05, 4.69) is 12.2 Å². The summed E-state index contributed by atoms with van der Waals surface area (Å²) in [4.78, 5) is 0. The molecule has 1 nitrogen and oxygen atoms in total. The molecule has 0 aliphatic heterocycles. The maximum atomic E-state index is 6.09. The Morgan fingerprint density at radius 1 is 0.938 bits per heavy atom. The van der Waals surface area contributed by atoms with E-state index in [0.717, 1.165) is 6.04 Å². The molecule has 0 spiro atoms. The highest BCUT2D eigenvalue weighted by atomic mass is 35.5. The minimum atomic E-state index is 0.451. The first kappa shape index (κ1) is 14.3. The first-order chi connectivity index (χ1) is 7.83. The van der Waals surface area contributed by atoms with Crippen molar-refractivity contribution >= 4 is 11.6 Å². The van der Waals surface area contributed by atoms with Crippen LogP contribution in [0, 0.1) is 0 Å². The molecule has 0 aromatic rings. The Morgan fingerprint density at radius 3 is 2.25 bits per heavy atom.